The summed E-state index contributed by atoms with van der Waals surface area (Å²) in [5.74, 6) is 0.736. The smallest absolute Gasteiger partial charge is 0.254 e. The molecule has 3 aromatic rings. The SMILES string of the molecule is CN(Cc1cccc2cn[nH]c12)C(=O)c1ccc2c(c1)OCCN2C. The molecule has 25 heavy (non-hydrogen) atoms. The van der Waals surface area contributed by atoms with Crippen LogP contribution >= 0.6 is 0 Å². The average molecular weight is 336 g/mol. The molecule has 1 N–H and O–H groups in total. The molecule has 0 spiro atoms. The third kappa shape index (κ3) is 2.80. The number of benzene rings is 2. The first-order valence-corrected chi connectivity index (χ1v) is 8.28. The molecule has 0 saturated heterocycles. The predicted octanol–water partition coefficient (Wildman–Crippen LogP) is 2.66. The number of para-hydroxylation sites is 1. The van der Waals surface area contributed by atoms with Gasteiger partial charge in [-0.25, -0.2) is 0 Å². The van der Waals surface area contributed by atoms with Crippen LogP contribution in [-0.2, 0) is 6.54 Å². The number of amides is 1. The lowest BCUT2D eigenvalue weighted by atomic mass is 10.1. The van der Waals surface area contributed by atoms with E-state index < -0.39 is 0 Å². The van der Waals surface area contributed by atoms with Crippen molar-refractivity contribution in [2.24, 2.45) is 0 Å². The second-order valence-electron chi connectivity index (χ2n) is 6.37. The Kier molecular flexibility index (Phi) is 3.80. The van der Waals surface area contributed by atoms with Crippen molar-refractivity contribution in [3.8, 4) is 5.75 Å². The lowest BCUT2D eigenvalue weighted by Crippen LogP contribution is -2.30. The molecule has 0 bridgehead atoms. The van der Waals surface area contributed by atoms with Gasteiger partial charge in [-0.1, -0.05) is 18.2 Å². The Morgan fingerprint density at radius 2 is 2.24 bits per heavy atom. The van der Waals surface area contributed by atoms with E-state index in [4.69, 9.17) is 4.74 Å². The number of H-pyrrole nitrogens is 1. The van der Waals surface area contributed by atoms with Crippen LogP contribution in [0, 0.1) is 0 Å². The van der Waals surface area contributed by atoms with E-state index in [-0.39, 0.29) is 5.91 Å². The lowest BCUT2D eigenvalue weighted by Gasteiger charge is -2.28. The number of carbonyl (C=O) groups is 1. The van der Waals surface area contributed by atoms with Crippen molar-refractivity contribution in [3.63, 3.8) is 0 Å². The summed E-state index contributed by atoms with van der Waals surface area (Å²) in [5, 5.41) is 8.13. The van der Waals surface area contributed by atoms with Crippen LogP contribution in [0.1, 0.15) is 15.9 Å². The number of anilines is 1. The summed E-state index contributed by atoms with van der Waals surface area (Å²) in [6.07, 6.45) is 1.79. The highest BCUT2D eigenvalue weighted by atomic mass is 16.5. The van der Waals surface area contributed by atoms with Crippen LogP contribution in [0.3, 0.4) is 0 Å². The van der Waals surface area contributed by atoms with Crippen LogP contribution in [0.2, 0.25) is 0 Å². The first-order chi connectivity index (χ1) is 12.1. The topological polar surface area (TPSA) is 61.5 Å². The minimum atomic E-state index is -0.0313. The summed E-state index contributed by atoms with van der Waals surface area (Å²) < 4.78 is 5.70. The summed E-state index contributed by atoms with van der Waals surface area (Å²) in [6, 6.07) is 11.6. The largest absolute Gasteiger partial charge is 0.490 e. The monoisotopic (exact) mass is 336 g/mol. The summed E-state index contributed by atoms with van der Waals surface area (Å²) >= 11 is 0. The quantitative estimate of drug-likeness (QED) is 0.799. The molecule has 1 aliphatic heterocycles. The molecule has 0 unspecified atom stereocenters. The molecule has 0 aliphatic carbocycles. The maximum Gasteiger partial charge on any atom is 0.254 e. The number of carbonyl (C=O) groups excluding carboxylic acids is 1. The first-order valence-electron chi connectivity index (χ1n) is 8.28. The maximum absolute atomic E-state index is 12.8. The number of hydrogen-bond donors (Lipinski definition) is 1. The second-order valence-corrected chi connectivity index (χ2v) is 6.37. The molecule has 1 aromatic heterocycles. The predicted molar refractivity (Wildman–Crippen MR) is 97.1 cm³/mol. The molecular weight excluding hydrogens is 316 g/mol. The van der Waals surface area contributed by atoms with Gasteiger partial charge in [0.15, 0.2) is 0 Å². The van der Waals surface area contributed by atoms with Crippen LogP contribution in [0.5, 0.6) is 5.75 Å². The third-order valence-electron chi connectivity index (χ3n) is 4.62. The molecule has 0 atom stereocenters. The normalized spacial score (nSPS) is 13.4. The van der Waals surface area contributed by atoms with E-state index in [1.807, 2.05) is 50.5 Å². The van der Waals surface area contributed by atoms with Gasteiger partial charge >= 0.3 is 0 Å². The molecule has 0 fully saturated rings. The fourth-order valence-corrected chi connectivity index (χ4v) is 3.20. The molecule has 1 aliphatic rings. The van der Waals surface area contributed by atoms with Crippen molar-refractivity contribution in [2.45, 2.75) is 6.54 Å². The van der Waals surface area contributed by atoms with Crippen LogP contribution in [-0.4, -0.2) is 48.3 Å². The lowest BCUT2D eigenvalue weighted by molar-refractivity contribution is 0.0785. The number of rotatable bonds is 3. The molecule has 0 radical (unpaired) electrons. The fourth-order valence-electron chi connectivity index (χ4n) is 3.20. The van der Waals surface area contributed by atoms with Crippen LogP contribution in [0.4, 0.5) is 5.69 Å². The van der Waals surface area contributed by atoms with Gasteiger partial charge in [-0.2, -0.15) is 5.10 Å². The Morgan fingerprint density at radius 1 is 1.36 bits per heavy atom. The van der Waals surface area contributed by atoms with Gasteiger partial charge in [-0.15, -0.1) is 0 Å². The molecule has 2 aromatic carbocycles. The number of aromatic amines is 1. The van der Waals surface area contributed by atoms with E-state index in [0.29, 0.717) is 18.7 Å². The molecule has 128 valence electrons. The Bertz CT molecular complexity index is 934. The van der Waals surface area contributed by atoms with Crippen LogP contribution in [0.15, 0.2) is 42.6 Å². The highest BCUT2D eigenvalue weighted by molar-refractivity contribution is 5.95. The summed E-state index contributed by atoms with van der Waals surface area (Å²) in [7, 11) is 3.84. The minimum absolute atomic E-state index is 0.0313. The minimum Gasteiger partial charge on any atom is -0.490 e. The molecule has 1 amide bonds. The zero-order chi connectivity index (χ0) is 17.4. The molecule has 6 nitrogen and oxygen atoms in total. The molecule has 0 saturated carbocycles. The third-order valence-corrected chi connectivity index (χ3v) is 4.62. The molecule has 4 rings (SSSR count). The average Bonchev–Trinajstić information content (AvgIpc) is 3.11. The van der Waals surface area contributed by atoms with Crippen molar-refractivity contribution in [2.75, 3.05) is 32.1 Å². The number of fused-ring (bicyclic) bond motifs is 2. The van der Waals surface area contributed by atoms with Crippen LogP contribution < -0.4 is 9.64 Å². The Hall–Kier alpha value is -3.02. The first kappa shape index (κ1) is 15.5. The fraction of sp³-hybridized carbons (Fsp3) is 0.263. The van der Waals surface area contributed by atoms with Crippen molar-refractivity contribution >= 4 is 22.5 Å². The highest BCUT2D eigenvalue weighted by Crippen LogP contribution is 2.31. The van der Waals surface area contributed by atoms with E-state index in [0.717, 1.165) is 34.4 Å². The second kappa shape index (κ2) is 6.12. The Morgan fingerprint density at radius 3 is 3.12 bits per heavy atom. The van der Waals surface area contributed by atoms with E-state index in [2.05, 4.69) is 15.1 Å². The van der Waals surface area contributed by atoms with Crippen LogP contribution in [0.25, 0.3) is 10.9 Å². The van der Waals surface area contributed by atoms with Gasteiger partial charge in [-0.05, 0) is 23.8 Å². The van der Waals surface area contributed by atoms with Crippen molar-refractivity contribution in [1.82, 2.24) is 15.1 Å². The Labute approximate surface area is 146 Å². The van der Waals surface area contributed by atoms with Gasteiger partial charge in [0.2, 0.25) is 0 Å². The van der Waals surface area contributed by atoms with Gasteiger partial charge in [0, 0.05) is 31.6 Å². The highest BCUT2D eigenvalue weighted by Gasteiger charge is 2.19. The van der Waals surface area contributed by atoms with Crippen molar-refractivity contribution in [1.29, 1.82) is 0 Å². The van der Waals surface area contributed by atoms with E-state index in [1.54, 1.807) is 11.1 Å². The standard InChI is InChI=1S/C19H20N4O2/c1-22-8-9-25-17-10-13(6-7-16(17)22)19(24)23(2)12-15-5-3-4-14-11-20-21-18(14)15/h3-7,10-11H,8-9,12H2,1-2H3,(H,20,21). The number of aromatic nitrogens is 2. The number of ether oxygens (including phenoxy) is 1. The van der Waals surface area contributed by atoms with Crippen molar-refractivity contribution < 1.29 is 9.53 Å². The van der Waals surface area contributed by atoms with Gasteiger partial charge in [0.1, 0.15) is 12.4 Å². The van der Waals surface area contributed by atoms with E-state index in [9.17, 15) is 4.79 Å². The number of likely N-dealkylation sites (N-methyl/N-ethyl adjacent to an activating group) is 1. The van der Waals surface area contributed by atoms with E-state index in [1.165, 1.54) is 0 Å². The van der Waals surface area contributed by atoms with Gasteiger partial charge in [-0.3, -0.25) is 9.89 Å². The van der Waals surface area contributed by atoms with E-state index >= 15 is 0 Å². The van der Waals surface area contributed by atoms with Gasteiger partial charge in [0.25, 0.3) is 5.91 Å². The maximum atomic E-state index is 12.8. The van der Waals surface area contributed by atoms with Crippen molar-refractivity contribution in [3.05, 3.63) is 53.7 Å². The summed E-state index contributed by atoms with van der Waals surface area (Å²) in [5.41, 5.74) is 3.67. The molecule has 2 heterocycles. The zero-order valence-corrected chi connectivity index (χ0v) is 14.3. The van der Waals surface area contributed by atoms with Gasteiger partial charge in [0.05, 0.1) is 23.9 Å². The van der Waals surface area contributed by atoms with Gasteiger partial charge < -0.3 is 14.5 Å². The summed E-state index contributed by atoms with van der Waals surface area (Å²) in [4.78, 5) is 16.7. The number of hydrogen-bond acceptors (Lipinski definition) is 4. The molecule has 6 heteroatoms. The Balaban J connectivity index is 1.57. The zero-order valence-electron chi connectivity index (χ0n) is 14.3. The number of nitrogens with one attached hydrogen (secondary N) is 1. The molecular formula is C19H20N4O2. The number of nitrogens with zero attached hydrogens (tertiary/aromatic N) is 3. The summed E-state index contributed by atoms with van der Waals surface area (Å²) in [6.45, 7) is 2.00.